The van der Waals surface area contributed by atoms with E-state index >= 15 is 0 Å². The van der Waals surface area contributed by atoms with Gasteiger partial charge in [-0.15, -0.1) is 0 Å². The summed E-state index contributed by atoms with van der Waals surface area (Å²) < 4.78 is 35.6. The van der Waals surface area contributed by atoms with E-state index in [1.54, 1.807) is 19.1 Å². The number of rotatable bonds is 2. The molecule has 0 unspecified atom stereocenters. The smallest absolute Gasteiger partial charge is 0.236 e. The fourth-order valence-corrected chi connectivity index (χ4v) is 2.60. The zero-order valence-corrected chi connectivity index (χ0v) is 9.99. The molecule has 1 heterocycles. The average Bonchev–Trinajstić information content (AvgIpc) is 2.50. The third-order valence-electron chi connectivity index (χ3n) is 2.28. The number of hydrogen-bond acceptors (Lipinski definition) is 2. The van der Waals surface area contributed by atoms with Crippen molar-refractivity contribution in [1.82, 2.24) is 4.98 Å². The van der Waals surface area contributed by atoms with Gasteiger partial charge < -0.3 is 4.98 Å². The van der Waals surface area contributed by atoms with Crippen LogP contribution in [0.25, 0.3) is 10.9 Å². The van der Waals surface area contributed by atoms with Crippen LogP contribution in [0.15, 0.2) is 18.2 Å². The number of hydrogen-bond donors (Lipinski definition) is 1. The van der Waals surface area contributed by atoms with Crippen molar-refractivity contribution in [1.29, 1.82) is 0 Å². The number of fused-ring (bicyclic) bond motifs is 1. The molecule has 0 saturated carbocycles. The Morgan fingerprint density at radius 1 is 1.44 bits per heavy atom. The summed E-state index contributed by atoms with van der Waals surface area (Å²) in [5.74, 6) is -1.04. The predicted octanol–water partition coefficient (Wildman–Crippen LogP) is 2.68. The summed E-state index contributed by atoms with van der Waals surface area (Å²) in [5, 5.41) is 0.385. The molecule has 0 atom stereocenters. The molecule has 0 aliphatic heterocycles. The van der Waals surface area contributed by atoms with Crippen molar-refractivity contribution < 1.29 is 12.8 Å². The molecule has 1 aromatic heterocycles. The number of aromatic nitrogens is 1. The minimum atomic E-state index is -3.74. The molecular formula is C10H9ClFNO2S. The Morgan fingerprint density at radius 3 is 2.75 bits per heavy atom. The van der Waals surface area contributed by atoms with Crippen LogP contribution in [0.1, 0.15) is 11.3 Å². The van der Waals surface area contributed by atoms with E-state index in [1.165, 1.54) is 6.07 Å². The molecular weight excluding hydrogens is 253 g/mol. The van der Waals surface area contributed by atoms with Crippen molar-refractivity contribution in [3.05, 3.63) is 35.3 Å². The molecule has 16 heavy (non-hydrogen) atoms. The zero-order valence-electron chi connectivity index (χ0n) is 8.42. The van der Waals surface area contributed by atoms with Gasteiger partial charge in [0, 0.05) is 32.8 Å². The Bertz CT molecular complexity index is 648. The minimum absolute atomic E-state index is 0.0847. The van der Waals surface area contributed by atoms with Crippen LogP contribution in [0.4, 0.5) is 4.39 Å². The van der Waals surface area contributed by atoms with Crippen molar-refractivity contribution in [2.75, 3.05) is 0 Å². The number of aromatic amines is 1. The van der Waals surface area contributed by atoms with Crippen LogP contribution in [0.5, 0.6) is 0 Å². The van der Waals surface area contributed by atoms with Crippen LogP contribution >= 0.6 is 10.7 Å². The fraction of sp³-hybridized carbons (Fsp3) is 0.200. The van der Waals surface area contributed by atoms with E-state index in [1.807, 2.05) is 0 Å². The second-order valence-electron chi connectivity index (χ2n) is 3.64. The molecule has 1 N–H and O–H groups in total. The highest BCUT2D eigenvalue weighted by atomic mass is 35.7. The van der Waals surface area contributed by atoms with Gasteiger partial charge in [-0.05, 0) is 19.1 Å². The van der Waals surface area contributed by atoms with Gasteiger partial charge in [0.1, 0.15) is 5.82 Å². The van der Waals surface area contributed by atoms with Crippen LogP contribution in [0, 0.1) is 12.7 Å². The third kappa shape index (κ3) is 2.20. The molecule has 0 aliphatic carbocycles. The molecule has 86 valence electrons. The lowest BCUT2D eigenvalue weighted by atomic mass is 10.1. The number of H-pyrrole nitrogens is 1. The van der Waals surface area contributed by atoms with Gasteiger partial charge in [-0.25, -0.2) is 12.8 Å². The van der Waals surface area contributed by atoms with E-state index in [0.29, 0.717) is 10.9 Å². The summed E-state index contributed by atoms with van der Waals surface area (Å²) in [4.78, 5) is 2.97. The highest BCUT2D eigenvalue weighted by Gasteiger charge is 2.14. The SMILES string of the molecule is Cc1cc2c(F)c(CS(=O)(=O)Cl)ccc2[nH]1. The Morgan fingerprint density at radius 2 is 2.12 bits per heavy atom. The lowest BCUT2D eigenvalue weighted by Crippen LogP contribution is -1.98. The number of nitrogens with one attached hydrogen (secondary N) is 1. The molecule has 0 spiro atoms. The first kappa shape index (κ1) is 11.4. The van der Waals surface area contributed by atoms with Crippen molar-refractivity contribution >= 4 is 30.6 Å². The molecule has 0 aliphatic rings. The normalized spacial score (nSPS) is 12.2. The van der Waals surface area contributed by atoms with Gasteiger partial charge >= 0.3 is 0 Å². The van der Waals surface area contributed by atoms with E-state index in [9.17, 15) is 12.8 Å². The zero-order chi connectivity index (χ0) is 11.9. The van der Waals surface area contributed by atoms with Gasteiger partial charge in [0.05, 0.1) is 5.75 Å². The molecule has 0 saturated heterocycles. The lowest BCUT2D eigenvalue weighted by Gasteiger charge is -2.01. The Labute approximate surface area is 96.7 Å². The Hall–Kier alpha value is -1.07. The maximum absolute atomic E-state index is 13.9. The van der Waals surface area contributed by atoms with Crippen LogP contribution in [0.3, 0.4) is 0 Å². The summed E-state index contributed by atoms with van der Waals surface area (Å²) in [6.45, 7) is 1.80. The van der Waals surface area contributed by atoms with E-state index in [-0.39, 0.29) is 5.56 Å². The summed E-state index contributed by atoms with van der Waals surface area (Å²) in [6, 6.07) is 4.70. The van der Waals surface area contributed by atoms with Crippen LogP contribution < -0.4 is 0 Å². The Balaban J connectivity index is 2.60. The molecule has 0 amide bonds. The first-order chi connectivity index (χ1) is 7.37. The first-order valence-electron chi connectivity index (χ1n) is 4.56. The summed E-state index contributed by atoms with van der Waals surface area (Å²) in [7, 11) is 1.35. The van der Waals surface area contributed by atoms with Crippen LogP contribution in [-0.2, 0) is 14.8 Å². The fourth-order valence-electron chi connectivity index (χ4n) is 1.65. The second-order valence-corrected chi connectivity index (χ2v) is 6.41. The van der Waals surface area contributed by atoms with E-state index in [2.05, 4.69) is 4.98 Å². The van der Waals surface area contributed by atoms with Crippen molar-refractivity contribution in [3.63, 3.8) is 0 Å². The summed E-state index contributed by atoms with van der Waals surface area (Å²) in [5.41, 5.74) is 1.55. The monoisotopic (exact) mass is 261 g/mol. The topological polar surface area (TPSA) is 49.9 Å². The van der Waals surface area contributed by atoms with Crippen molar-refractivity contribution in [2.45, 2.75) is 12.7 Å². The lowest BCUT2D eigenvalue weighted by molar-refractivity contribution is 0.601. The average molecular weight is 262 g/mol. The molecule has 2 rings (SSSR count). The number of benzene rings is 1. The third-order valence-corrected chi connectivity index (χ3v) is 3.26. The molecule has 0 fully saturated rings. The maximum atomic E-state index is 13.9. The molecule has 1 aromatic carbocycles. The van der Waals surface area contributed by atoms with E-state index < -0.39 is 20.6 Å². The second kappa shape index (κ2) is 3.75. The van der Waals surface area contributed by atoms with Crippen LogP contribution in [0.2, 0.25) is 0 Å². The van der Waals surface area contributed by atoms with E-state index in [4.69, 9.17) is 10.7 Å². The highest BCUT2D eigenvalue weighted by molar-refractivity contribution is 8.13. The quantitative estimate of drug-likeness (QED) is 0.845. The summed E-state index contributed by atoms with van der Waals surface area (Å²) in [6.07, 6.45) is 0. The van der Waals surface area contributed by atoms with E-state index in [0.717, 1.165) is 5.69 Å². The van der Waals surface area contributed by atoms with Gasteiger partial charge in [-0.1, -0.05) is 6.07 Å². The minimum Gasteiger partial charge on any atom is -0.359 e. The van der Waals surface area contributed by atoms with Gasteiger partial charge in [-0.3, -0.25) is 0 Å². The maximum Gasteiger partial charge on any atom is 0.236 e. The number of aryl methyl sites for hydroxylation is 1. The van der Waals surface area contributed by atoms with Crippen molar-refractivity contribution in [2.24, 2.45) is 0 Å². The first-order valence-corrected chi connectivity index (χ1v) is 7.04. The van der Waals surface area contributed by atoms with Crippen molar-refractivity contribution in [3.8, 4) is 0 Å². The predicted molar refractivity (Wildman–Crippen MR) is 61.5 cm³/mol. The van der Waals surface area contributed by atoms with Crippen LogP contribution in [-0.4, -0.2) is 13.4 Å². The summed E-state index contributed by atoms with van der Waals surface area (Å²) >= 11 is 0. The van der Waals surface area contributed by atoms with Gasteiger partial charge in [0.2, 0.25) is 9.05 Å². The molecule has 3 nitrogen and oxygen atoms in total. The molecule has 6 heteroatoms. The largest absolute Gasteiger partial charge is 0.359 e. The standard InChI is InChI=1S/C10H9ClFNO2S/c1-6-4-8-9(13-6)3-2-7(10(8)12)5-16(11,14)15/h2-4,13H,5H2,1H3. The van der Waals surface area contributed by atoms with Gasteiger partial charge in [0.15, 0.2) is 0 Å². The van der Waals surface area contributed by atoms with Gasteiger partial charge in [0.25, 0.3) is 0 Å². The highest BCUT2D eigenvalue weighted by Crippen LogP contribution is 2.23. The molecule has 2 aromatic rings. The molecule has 0 bridgehead atoms. The van der Waals surface area contributed by atoms with Gasteiger partial charge in [-0.2, -0.15) is 0 Å². The Kier molecular flexibility index (Phi) is 2.67. The number of halogens is 2. The molecule has 0 radical (unpaired) electrons.